The van der Waals surface area contributed by atoms with Crippen molar-refractivity contribution in [1.29, 1.82) is 0 Å². The van der Waals surface area contributed by atoms with Crippen LogP contribution in [0.3, 0.4) is 0 Å². The summed E-state index contributed by atoms with van der Waals surface area (Å²) in [6, 6.07) is 10.7. The van der Waals surface area contributed by atoms with Crippen LogP contribution in [0.25, 0.3) is 22.6 Å². The highest BCUT2D eigenvalue weighted by atomic mass is 19.1. The first-order valence-electron chi connectivity index (χ1n) is 7.65. The van der Waals surface area contributed by atoms with Crippen molar-refractivity contribution < 1.29 is 18.7 Å². The molecule has 0 saturated carbocycles. The highest BCUT2D eigenvalue weighted by molar-refractivity contribution is 5.86. The van der Waals surface area contributed by atoms with Crippen LogP contribution in [0.15, 0.2) is 58.0 Å². The van der Waals surface area contributed by atoms with Crippen LogP contribution in [0.2, 0.25) is 0 Å². The molecule has 130 valence electrons. The normalized spacial score (nSPS) is 11.0. The second-order valence-electron chi connectivity index (χ2n) is 5.49. The second-order valence-corrected chi connectivity index (χ2v) is 5.49. The molecule has 7 nitrogen and oxygen atoms in total. The molecule has 2 heterocycles. The largest absolute Gasteiger partial charge is 0.501 e. The molecule has 2 N–H and O–H groups in total. The van der Waals surface area contributed by atoms with E-state index in [4.69, 9.17) is 9.15 Å². The van der Waals surface area contributed by atoms with Crippen molar-refractivity contribution in [2.45, 2.75) is 6.61 Å². The number of ether oxygens (including phenoxy) is 1. The van der Waals surface area contributed by atoms with E-state index in [0.29, 0.717) is 0 Å². The Bertz CT molecular complexity index is 1120. The van der Waals surface area contributed by atoms with Gasteiger partial charge in [0.05, 0.1) is 0 Å². The van der Waals surface area contributed by atoms with Gasteiger partial charge in [-0.05, 0) is 29.8 Å². The maximum atomic E-state index is 13.0. The Morgan fingerprint density at radius 3 is 2.73 bits per heavy atom. The lowest BCUT2D eigenvalue weighted by molar-refractivity contribution is 0.309. The third-order valence-electron chi connectivity index (χ3n) is 3.79. The van der Waals surface area contributed by atoms with Crippen molar-refractivity contribution in [3.05, 3.63) is 70.4 Å². The molecule has 4 rings (SSSR count). The van der Waals surface area contributed by atoms with Crippen molar-refractivity contribution in [3.63, 3.8) is 0 Å². The Morgan fingerprint density at radius 2 is 2.00 bits per heavy atom. The average molecular weight is 353 g/mol. The van der Waals surface area contributed by atoms with Gasteiger partial charge in [0.1, 0.15) is 35.5 Å². The Hall–Kier alpha value is -3.68. The Kier molecular flexibility index (Phi) is 3.85. The molecule has 0 fully saturated rings. The van der Waals surface area contributed by atoms with Crippen LogP contribution in [0.4, 0.5) is 4.39 Å². The summed E-state index contributed by atoms with van der Waals surface area (Å²) in [5.74, 6) is -0.647. The lowest BCUT2D eigenvalue weighted by Gasteiger charge is -2.10. The van der Waals surface area contributed by atoms with E-state index in [1.165, 1.54) is 18.5 Å². The van der Waals surface area contributed by atoms with E-state index in [0.717, 1.165) is 5.56 Å². The van der Waals surface area contributed by atoms with E-state index in [9.17, 15) is 14.3 Å². The number of nitrogens with one attached hydrogen (secondary N) is 1. The van der Waals surface area contributed by atoms with Gasteiger partial charge in [-0.2, -0.15) is 5.10 Å². The van der Waals surface area contributed by atoms with Gasteiger partial charge in [-0.1, -0.05) is 18.2 Å². The summed E-state index contributed by atoms with van der Waals surface area (Å²) in [4.78, 5) is 16.5. The van der Waals surface area contributed by atoms with Gasteiger partial charge in [0.2, 0.25) is 16.9 Å². The van der Waals surface area contributed by atoms with Gasteiger partial charge >= 0.3 is 0 Å². The third-order valence-corrected chi connectivity index (χ3v) is 3.79. The van der Waals surface area contributed by atoms with Crippen LogP contribution < -0.4 is 10.2 Å². The molecule has 0 aliphatic carbocycles. The van der Waals surface area contributed by atoms with E-state index in [1.807, 2.05) is 0 Å². The minimum atomic E-state index is -0.646. The molecular weight excluding hydrogens is 341 g/mol. The standard InChI is InChI=1S/C18H12FN3O4/c19-11-6-4-10(5-7-11)8-25-12-2-1-3-13-14(12)15(23)16(24)17(26-13)18-20-9-21-22-18/h1-7,9,24H,8H2,(H,20,21,22). The molecule has 2 aromatic heterocycles. The first kappa shape index (κ1) is 15.8. The number of nitrogens with zero attached hydrogens (tertiary/aromatic N) is 2. The summed E-state index contributed by atoms with van der Waals surface area (Å²) in [6.07, 6.45) is 1.24. The first-order chi connectivity index (χ1) is 12.6. The quantitative estimate of drug-likeness (QED) is 0.585. The summed E-state index contributed by atoms with van der Waals surface area (Å²) in [7, 11) is 0. The van der Waals surface area contributed by atoms with Crippen LogP contribution in [-0.4, -0.2) is 20.3 Å². The smallest absolute Gasteiger partial charge is 0.238 e. The lowest BCUT2D eigenvalue weighted by atomic mass is 10.1. The van der Waals surface area contributed by atoms with Crippen molar-refractivity contribution in [3.8, 4) is 23.1 Å². The summed E-state index contributed by atoms with van der Waals surface area (Å²) in [5.41, 5.74) is 0.318. The predicted molar refractivity (Wildman–Crippen MR) is 90.3 cm³/mol. The molecular formula is C18H12FN3O4. The van der Waals surface area contributed by atoms with Gasteiger partial charge in [-0.3, -0.25) is 9.89 Å². The molecule has 0 amide bonds. The minimum absolute atomic E-state index is 0.101. The van der Waals surface area contributed by atoms with Gasteiger partial charge in [0, 0.05) is 0 Å². The fourth-order valence-corrected chi connectivity index (χ4v) is 2.54. The molecule has 26 heavy (non-hydrogen) atoms. The molecule has 8 heteroatoms. The minimum Gasteiger partial charge on any atom is -0.501 e. The number of hydrogen-bond donors (Lipinski definition) is 2. The number of benzene rings is 2. The molecule has 0 unspecified atom stereocenters. The summed E-state index contributed by atoms with van der Waals surface area (Å²) >= 11 is 0. The number of hydrogen-bond acceptors (Lipinski definition) is 6. The van der Waals surface area contributed by atoms with Gasteiger partial charge in [0.25, 0.3) is 0 Å². The van der Waals surface area contributed by atoms with E-state index < -0.39 is 11.2 Å². The number of H-pyrrole nitrogens is 1. The van der Waals surface area contributed by atoms with Gasteiger partial charge in [0.15, 0.2) is 5.82 Å². The maximum Gasteiger partial charge on any atom is 0.238 e. The number of rotatable bonds is 4. The fourth-order valence-electron chi connectivity index (χ4n) is 2.54. The van der Waals surface area contributed by atoms with E-state index in [1.54, 1.807) is 30.3 Å². The van der Waals surface area contributed by atoms with Gasteiger partial charge < -0.3 is 14.3 Å². The predicted octanol–water partition coefficient (Wildman–Crippen LogP) is 3.00. The number of aromatic hydroxyl groups is 1. The molecule has 0 spiro atoms. The molecule has 0 aliphatic rings. The molecule has 2 aromatic carbocycles. The molecule has 4 aromatic rings. The van der Waals surface area contributed by atoms with Crippen molar-refractivity contribution in [2.75, 3.05) is 0 Å². The van der Waals surface area contributed by atoms with Crippen molar-refractivity contribution in [1.82, 2.24) is 15.2 Å². The van der Waals surface area contributed by atoms with E-state index in [2.05, 4.69) is 15.2 Å². The highest BCUT2D eigenvalue weighted by Crippen LogP contribution is 2.31. The SMILES string of the molecule is O=c1c(O)c(-c2ncn[nH]2)oc2cccc(OCc3ccc(F)cc3)c12. The van der Waals surface area contributed by atoms with E-state index in [-0.39, 0.29) is 40.7 Å². The van der Waals surface area contributed by atoms with Gasteiger partial charge in [-0.15, -0.1) is 0 Å². The van der Waals surface area contributed by atoms with Crippen LogP contribution in [0.1, 0.15) is 5.56 Å². The monoisotopic (exact) mass is 353 g/mol. The molecule has 0 aliphatic heterocycles. The molecule has 0 saturated heterocycles. The van der Waals surface area contributed by atoms with Gasteiger partial charge in [-0.25, -0.2) is 9.37 Å². The summed E-state index contributed by atoms with van der Waals surface area (Å²) in [6.45, 7) is 0.128. The lowest BCUT2D eigenvalue weighted by Crippen LogP contribution is -2.06. The Balaban J connectivity index is 1.75. The van der Waals surface area contributed by atoms with Crippen LogP contribution in [0, 0.1) is 5.82 Å². The summed E-state index contributed by atoms with van der Waals surface area (Å²) in [5, 5.41) is 16.5. The second kappa shape index (κ2) is 6.32. The van der Waals surface area contributed by atoms with Crippen molar-refractivity contribution in [2.24, 2.45) is 0 Å². The number of aromatic amines is 1. The number of fused-ring (bicyclic) bond motifs is 1. The average Bonchev–Trinajstić information content (AvgIpc) is 3.18. The topological polar surface area (TPSA) is 101 Å². The van der Waals surface area contributed by atoms with Crippen molar-refractivity contribution >= 4 is 11.0 Å². The third kappa shape index (κ3) is 2.77. The zero-order valence-electron chi connectivity index (χ0n) is 13.3. The van der Waals surface area contributed by atoms with Crippen LogP contribution >= 0.6 is 0 Å². The summed E-state index contributed by atoms with van der Waals surface area (Å²) < 4.78 is 24.3. The van der Waals surface area contributed by atoms with Crippen LogP contribution in [-0.2, 0) is 6.61 Å². The number of halogens is 1. The zero-order valence-corrected chi connectivity index (χ0v) is 13.3. The molecule has 0 atom stereocenters. The van der Waals surface area contributed by atoms with Crippen LogP contribution in [0.5, 0.6) is 11.5 Å². The Morgan fingerprint density at radius 1 is 1.19 bits per heavy atom. The molecule has 0 radical (unpaired) electrons. The molecule has 0 bridgehead atoms. The first-order valence-corrected chi connectivity index (χ1v) is 7.65. The highest BCUT2D eigenvalue weighted by Gasteiger charge is 2.19. The number of aromatic nitrogens is 3. The zero-order chi connectivity index (χ0) is 18.1. The maximum absolute atomic E-state index is 13.0. The fraction of sp³-hybridized carbons (Fsp3) is 0.0556. The Labute approximate surface area is 145 Å². The van der Waals surface area contributed by atoms with E-state index >= 15 is 0 Å².